The van der Waals surface area contributed by atoms with Gasteiger partial charge in [0.1, 0.15) is 5.82 Å². The minimum Gasteiger partial charge on any atom is -0.206 e. The largest absolute Gasteiger partial charge is 0.416 e. The molecule has 1 aliphatic carbocycles. The molecular formula is C32H38F4. The summed E-state index contributed by atoms with van der Waals surface area (Å²) in [5.74, 6) is 1.33. The second-order valence-corrected chi connectivity index (χ2v) is 10.7. The number of alkyl halides is 3. The first-order valence-electron chi connectivity index (χ1n) is 13.7. The lowest BCUT2D eigenvalue weighted by atomic mass is 9.77. The van der Waals surface area contributed by atoms with Crippen LogP contribution in [0.4, 0.5) is 17.6 Å². The first-order valence-corrected chi connectivity index (χ1v) is 13.7. The molecule has 0 aromatic heterocycles. The van der Waals surface area contributed by atoms with Crippen LogP contribution in [0.3, 0.4) is 0 Å². The van der Waals surface area contributed by atoms with E-state index in [0.29, 0.717) is 16.5 Å². The number of unbranched alkanes of at least 4 members (excludes halogenated alkanes) is 4. The molecule has 0 saturated heterocycles. The Hall–Kier alpha value is -2.36. The molecule has 0 aliphatic heterocycles. The van der Waals surface area contributed by atoms with Gasteiger partial charge in [-0.25, -0.2) is 4.39 Å². The molecule has 0 bridgehead atoms. The van der Waals surface area contributed by atoms with E-state index in [4.69, 9.17) is 0 Å². The van der Waals surface area contributed by atoms with Crippen molar-refractivity contribution >= 4 is 10.8 Å². The molecule has 0 unspecified atom stereocenters. The average Bonchev–Trinajstić information content (AvgIpc) is 2.88. The van der Waals surface area contributed by atoms with Gasteiger partial charge in [0.05, 0.1) is 5.56 Å². The lowest BCUT2D eigenvalue weighted by Crippen LogP contribution is -2.15. The minimum atomic E-state index is -4.40. The molecule has 0 N–H and O–H groups in total. The zero-order chi connectivity index (χ0) is 25.5. The summed E-state index contributed by atoms with van der Waals surface area (Å²) in [5, 5.41) is 1.35. The van der Waals surface area contributed by atoms with Crippen molar-refractivity contribution in [1.29, 1.82) is 0 Å². The van der Waals surface area contributed by atoms with Crippen LogP contribution in [0.5, 0.6) is 0 Å². The summed E-state index contributed by atoms with van der Waals surface area (Å²) in [6.07, 6.45) is 11.4. The van der Waals surface area contributed by atoms with Crippen LogP contribution in [-0.4, -0.2) is 0 Å². The van der Waals surface area contributed by atoms with E-state index < -0.39 is 11.7 Å². The second-order valence-electron chi connectivity index (χ2n) is 10.7. The molecule has 3 aromatic carbocycles. The fourth-order valence-electron chi connectivity index (χ4n) is 5.77. The van der Waals surface area contributed by atoms with Crippen LogP contribution in [0.15, 0.2) is 54.6 Å². The van der Waals surface area contributed by atoms with E-state index in [1.807, 2.05) is 18.2 Å². The molecule has 0 spiro atoms. The summed E-state index contributed by atoms with van der Waals surface area (Å²) in [6.45, 7) is 2.26. The molecule has 36 heavy (non-hydrogen) atoms. The molecule has 4 heteroatoms. The number of rotatable bonds is 10. The normalized spacial score (nSPS) is 18.6. The Labute approximate surface area is 213 Å². The Bertz CT molecular complexity index is 1110. The van der Waals surface area contributed by atoms with Gasteiger partial charge < -0.3 is 0 Å². The van der Waals surface area contributed by atoms with Crippen LogP contribution in [0.25, 0.3) is 21.9 Å². The summed E-state index contributed by atoms with van der Waals surface area (Å²) in [6, 6.07) is 14.1. The summed E-state index contributed by atoms with van der Waals surface area (Å²) in [5.41, 5.74) is 1.27. The third kappa shape index (κ3) is 6.89. The predicted octanol–water partition coefficient (Wildman–Crippen LogP) is 10.8. The summed E-state index contributed by atoms with van der Waals surface area (Å²) in [4.78, 5) is 0. The Morgan fingerprint density at radius 3 is 2.08 bits per heavy atom. The Morgan fingerprint density at radius 2 is 1.42 bits per heavy atom. The first-order chi connectivity index (χ1) is 17.3. The lowest BCUT2D eigenvalue weighted by molar-refractivity contribution is -0.137. The molecule has 1 saturated carbocycles. The maximum atomic E-state index is 15.3. The number of benzene rings is 3. The monoisotopic (exact) mass is 498 g/mol. The molecule has 0 heterocycles. The van der Waals surface area contributed by atoms with Gasteiger partial charge in [-0.1, -0.05) is 114 Å². The fourth-order valence-corrected chi connectivity index (χ4v) is 5.77. The average molecular weight is 499 g/mol. The van der Waals surface area contributed by atoms with Gasteiger partial charge >= 0.3 is 6.18 Å². The maximum Gasteiger partial charge on any atom is 0.416 e. The van der Waals surface area contributed by atoms with E-state index in [1.54, 1.807) is 6.07 Å². The maximum absolute atomic E-state index is 15.3. The zero-order valence-electron chi connectivity index (χ0n) is 21.3. The SMILES string of the molecule is CCCCCCCC1CCC(CCc2ccc3c(F)c(-c4ccc(C(F)(F)F)cc4)ccc3c2)CC1. The van der Waals surface area contributed by atoms with Crippen LogP contribution >= 0.6 is 0 Å². The smallest absolute Gasteiger partial charge is 0.206 e. The number of fused-ring (bicyclic) bond motifs is 1. The van der Waals surface area contributed by atoms with E-state index >= 15 is 4.39 Å². The molecular weight excluding hydrogens is 460 g/mol. The van der Waals surface area contributed by atoms with E-state index in [9.17, 15) is 13.2 Å². The van der Waals surface area contributed by atoms with Crippen LogP contribution < -0.4 is 0 Å². The van der Waals surface area contributed by atoms with Gasteiger partial charge in [-0.3, -0.25) is 0 Å². The Balaban J connectivity index is 1.32. The number of halogens is 4. The summed E-state index contributed by atoms with van der Waals surface area (Å²) < 4.78 is 53.8. The van der Waals surface area contributed by atoms with Gasteiger partial charge in [0.2, 0.25) is 0 Å². The number of hydrogen-bond donors (Lipinski definition) is 0. The second kappa shape index (κ2) is 12.3. The molecule has 0 amide bonds. The van der Waals surface area contributed by atoms with Crippen molar-refractivity contribution in [2.75, 3.05) is 0 Å². The standard InChI is InChI=1S/C32H38F4/c1-2-3-4-5-6-7-23-8-10-24(11-9-23)12-13-25-14-20-30-27(22-25)17-21-29(31(30)33)26-15-18-28(19-16-26)32(34,35)36/h14-24H,2-13H2,1H3. The highest BCUT2D eigenvalue weighted by Crippen LogP contribution is 2.36. The van der Waals surface area contributed by atoms with Gasteiger partial charge in [0.25, 0.3) is 0 Å². The highest BCUT2D eigenvalue weighted by Gasteiger charge is 2.30. The number of hydrogen-bond acceptors (Lipinski definition) is 0. The summed E-state index contributed by atoms with van der Waals surface area (Å²) in [7, 11) is 0. The molecule has 0 atom stereocenters. The van der Waals surface area contributed by atoms with E-state index in [2.05, 4.69) is 13.0 Å². The molecule has 3 aromatic rings. The van der Waals surface area contributed by atoms with Gasteiger partial charge in [0, 0.05) is 10.9 Å². The quantitative estimate of drug-likeness (QED) is 0.193. The van der Waals surface area contributed by atoms with Crippen LogP contribution in [0.2, 0.25) is 0 Å². The topological polar surface area (TPSA) is 0 Å². The van der Waals surface area contributed by atoms with Crippen molar-refractivity contribution in [3.8, 4) is 11.1 Å². The van der Waals surface area contributed by atoms with Crippen molar-refractivity contribution in [2.24, 2.45) is 11.8 Å². The third-order valence-corrected chi connectivity index (χ3v) is 8.07. The fraction of sp³-hybridized carbons (Fsp3) is 0.500. The Morgan fingerprint density at radius 1 is 0.750 bits per heavy atom. The van der Waals surface area contributed by atoms with E-state index in [1.165, 1.54) is 88.3 Å². The van der Waals surface area contributed by atoms with Crippen LogP contribution in [0, 0.1) is 17.7 Å². The molecule has 0 radical (unpaired) electrons. The van der Waals surface area contributed by atoms with Crippen molar-refractivity contribution in [3.05, 3.63) is 71.5 Å². The zero-order valence-corrected chi connectivity index (χ0v) is 21.3. The predicted molar refractivity (Wildman–Crippen MR) is 141 cm³/mol. The van der Waals surface area contributed by atoms with Gasteiger partial charge in [-0.15, -0.1) is 0 Å². The summed E-state index contributed by atoms with van der Waals surface area (Å²) >= 11 is 0. The lowest BCUT2D eigenvalue weighted by Gasteiger charge is -2.28. The van der Waals surface area contributed by atoms with Crippen molar-refractivity contribution in [2.45, 2.75) is 90.1 Å². The van der Waals surface area contributed by atoms with Crippen LogP contribution in [-0.2, 0) is 12.6 Å². The van der Waals surface area contributed by atoms with Gasteiger partial charge in [-0.05, 0) is 53.3 Å². The van der Waals surface area contributed by atoms with Crippen molar-refractivity contribution in [1.82, 2.24) is 0 Å². The molecule has 0 nitrogen and oxygen atoms in total. The highest BCUT2D eigenvalue weighted by atomic mass is 19.4. The van der Waals surface area contributed by atoms with Crippen LogP contribution in [0.1, 0.15) is 88.7 Å². The third-order valence-electron chi connectivity index (χ3n) is 8.07. The number of aryl methyl sites for hydroxylation is 1. The molecule has 1 aliphatic rings. The van der Waals surface area contributed by atoms with E-state index in [0.717, 1.165) is 35.8 Å². The van der Waals surface area contributed by atoms with Crippen molar-refractivity contribution in [3.63, 3.8) is 0 Å². The molecule has 194 valence electrons. The minimum absolute atomic E-state index is 0.325. The van der Waals surface area contributed by atoms with Gasteiger partial charge in [-0.2, -0.15) is 13.2 Å². The first kappa shape index (κ1) is 26.7. The highest BCUT2D eigenvalue weighted by molar-refractivity contribution is 5.88. The van der Waals surface area contributed by atoms with Crippen molar-refractivity contribution < 1.29 is 17.6 Å². The Kier molecular flexibility index (Phi) is 9.09. The molecule has 1 fully saturated rings. The van der Waals surface area contributed by atoms with Gasteiger partial charge in [0.15, 0.2) is 0 Å². The molecule has 4 rings (SSSR count). The van der Waals surface area contributed by atoms with E-state index in [-0.39, 0.29) is 5.82 Å².